The molecule has 2 bridgehead atoms. The Balaban J connectivity index is 1.47. The van der Waals surface area contributed by atoms with Crippen LogP contribution in [0.1, 0.15) is 92.4 Å². The van der Waals surface area contributed by atoms with Gasteiger partial charge < -0.3 is 28.5 Å². The Hall–Kier alpha value is -4.73. The summed E-state index contributed by atoms with van der Waals surface area (Å²) >= 11 is 0. The molecular weight excluding hydrogens is 648 g/mol. The number of carbonyl (C=O) groups excluding carboxylic acids is 2. The third-order valence-corrected chi connectivity index (χ3v) is 10.1. The summed E-state index contributed by atoms with van der Waals surface area (Å²) in [6.45, 7) is 7.13. The standard InChI is InChI=1S/C42H46O9/c1-25(2)30-17-13-26-11-14-28(15-12-26)29(23-27-9-7-6-8-10-27)16-20-35(44)48-38-36-34(51-42(3,4)39(38)50-40(30)45)19-18-31-33(24-43)32(21-22-47-5)41(46)49-37(31)36/h6-12,14-15,18-19,29,38-39,43H,13,16-17,20-24H2,1-5H3/t29-,38+,39-/m0/s1. The number of ether oxygens (including phenoxy) is 4. The van der Waals surface area contributed by atoms with Crippen LogP contribution < -0.4 is 10.4 Å². The van der Waals surface area contributed by atoms with Gasteiger partial charge in [0.25, 0.3) is 0 Å². The van der Waals surface area contributed by atoms with Crippen LogP contribution in [0, 0.1) is 0 Å². The molecule has 0 amide bonds. The Morgan fingerprint density at radius 2 is 1.65 bits per heavy atom. The van der Waals surface area contributed by atoms with Gasteiger partial charge in [-0.2, -0.15) is 0 Å². The highest BCUT2D eigenvalue weighted by molar-refractivity contribution is 5.90. The molecule has 0 unspecified atom stereocenters. The van der Waals surface area contributed by atoms with Crippen LogP contribution in [0.15, 0.2) is 87.1 Å². The van der Waals surface area contributed by atoms with Gasteiger partial charge in [-0.1, -0.05) is 60.2 Å². The van der Waals surface area contributed by atoms with Gasteiger partial charge in [0.05, 0.1) is 18.8 Å². The molecule has 0 aliphatic carbocycles. The molecule has 0 spiro atoms. The SMILES string of the molecule is COCCc1c(CO)c2ccc3c(c2oc1=O)[C@H]1OC(=O)CC[C@@H](Cc2ccccc2)c2ccc(cc2)CCC(=C(C)C)C(=O)O[C@@H]1C(C)(C)O3. The minimum Gasteiger partial charge on any atom is -0.483 e. The lowest BCUT2D eigenvalue weighted by molar-refractivity contribution is -0.188. The van der Waals surface area contributed by atoms with Gasteiger partial charge in [0.1, 0.15) is 16.9 Å². The Morgan fingerprint density at radius 3 is 2.33 bits per heavy atom. The van der Waals surface area contributed by atoms with Crippen LogP contribution in [0.5, 0.6) is 5.75 Å². The van der Waals surface area contributed by atoms with Crippen molar-refractivity contribution in [3.05, 3.63) is 122 Å². The molecule has 9 heteroatoms. The number of benzene rings is 3. The second-order valence-corrected chi connectivity index (χ2v) is 14.2. The molecule has 9 nitrogen and oxygen atoms in total. The number of hydrogen-bond acceptors (Lipinski definition) is 9. The van der Waals surface area contributed by atoms with Gasteiger partial charge in [-0.25, -0.2) is 9.59 Å². The first-order chi connectivity index (χ1) is 24.5. The van der Waals surface area contributed by atoms with Crippen molar-refractivity contribution in [2.24, 2.45) is 0 Å². The van der Waals surface area contributed by atoms with Crippen LogP contribution in [0.3, 0.4) is 0 Å². The first kappa shape index (κ1) is 36.1. The normalized spacial score (nSPS) is 20.6. The minimum absolute atomic E-state index is 0.0405. The number of aliphatic hydroxyl groups excluding tert-OH is 1. The lowest BCUT2D eigenvalue weighted by Gasteiger charge is -2.43. The summed E-state index contributed by atoms with van der Waals surface area (Å²) in [4.78, 5) is 41.4. The molecule has 0 fully saturated rings. The summed E-state index contributed by atoms with van der Waals surface area (Å²) in [5, 5.41) is 10.9. The van der Waals surface area contributed by atoms with Gasteiger partial charge in [-0.05, 0) is 93.7 Å². The highest BCUT2D eigenvalue weighted by atomic mass is 16.6. The van der Waals surface area contributed by atoms with E-state index in [4.69, 9.17) is 23.4 Å². The molecule has 0 saturated heterocycles. The van der Waals surface area contributed by atoms with E-state index in [1.165, 1.54) is 12.7 Å². The van der Waals surface area contributed by atoms with Crippen molar-refractivity contribution in [3.8, 4) is 5.75 Å². The third-order valence-electron chi connectivity index (χ3n) is 10.1. The number of aliphatic hydroxyl groups is 1. The molecule has 4 heterocycles. The van der Waals surface area contributed by atoms with E-state index in [0.29, 0.717) is 47.1 Å². The zero-order chi connectivity index (χ0) is 36.3. The van der Waals surface area contributed by atoms with Crippen molar-refractivity contribution in [1.29, 1.82) is 0 Å². The fourth-order valence-electron chi connectivity index (χ4n) is 7.29. The molecule has 268 valence electrons. The van der Waals surface area contributed by atoms with Crippen molar-refractivity contribution >= 4 is 22.9 Å². The minimum atomic E-state index is -1.18. The van der Waals surface area contributed by atoms with Crippen molar-refractivity contribution in [2.45, 2.75) is 96.6 Å². The fraction of sp³-hybridized carbons (Fsp3) is 0.405. The molecule has 0 saturated carbocycles. The number of esters is 2. The number of carbonyl (C=O) groups is 2. The van der Waals surface area contributed by atoms with Gasteiger partial charge in [0.2, 0.25) is 0 Å². The Morgan fingerprint density at radius 1 is 0.902 bits per heavy atom. The lowest BCUT2D eigenvalue weighted by atomic mass is 9.85. The van der Waals surface area contributed by atoms with E-state index in [1.807, 2.05) is 32.0 Å². The quantitative estimate of drug-likeness (QED) is 0.127. The third kappa shape index (κ3) is 7.65. The summed E-state index contributed by atoms with van der Waals surface area (Å²) in [6, 6.07) is 22.0. The second-order valence-electron chi connectivity index (χ2n) is 14.2. The van der Waals surface area contributed by atoms with Crippen LogP contribution in [0.25, 0.3) is 11.0 Å². The highest BCUT2D eigenvalue weighted by Gasteiger charge is 2.50. The highest BCUT2D eigenvalue weighted by Crippen LogP contribution is 2.47. The summed E-state index contributed by atoms with van der Waals surface area (Å²) in [7, 11) is 1.53. The average Bonchev–Trinajstić information content (AvgIpc) is 3.10. The van der Waals surface area contributed by atoms with Crippen molar-refractivity contribution in [1.82, 2.24) is 0 Å². The number of aryl methyl sites for hydroxylation is 1. The molecule has 1 N–H and O–H groups in total. The van der Waals surface area contributed by atoms with Crippen molar-refractivity contribution in [2.75, 3.05) is 13.7 Å². The Labute approximate surface area is 298 Å². The van der Waals surface area contributed by atoms with Crippen LogP contribution in [-0.2, 0) is 49.7 Å². The molecule has 3 aromatic carbocycles. The molecule has 3 aliphatic heterocycles. The number of hydrogen-bond donors (Lipinski definition) is 1. The first-order valence-electron chi connectivity index (χ1n) is 17.6. The molecule has 7 rings (SSSR count). The van der Waals surface area contributed by atoms with Crippen LogP contribution in [-0.4, -0.2) is 42.5 Å². The van der Waals surface area contributed by atoms with Crippen LogP contribution in [0.2, 0.25) is 0 Å². The number of fused-ring (bicyclic) bond motifs is 13. The first-order valence-corrected chi connectivity index (χ1v) is 17.6. The molecule has 0 radical (unpaired) electrons. The van der Waals surface area contributed by atoms with Crippen molar-refractivity contribution in [3.63, 3.8) is 0 Å². The smallest absolute Gasteiger partial charge is 0.339 e. The summed E-state index contributed by atoms with van der Waals surface area (Å²) in [6.07, 6.45) is 0.381. The summed E-state index contributed by atoms with van der Waals surface area (Å²) in [5.74, 6) is -0.661. The van der Waals surface area contributed by atoms with E-state index >= 15 is 0 Å². The van der Waals surface area contributed by atoms with E-state index in [9.17, 15) is 19.5 Å². The van der Waals surface area contributed by atoms with Gasteiger partial charge >= 0.3 is 17.6 Å². The Kier molecular flexibility index (Phi) is 10.8. The van der Waals surface area contributed by atoms with Gasteiger partial charge in [0, 0.05) is 36.5 Å². The topological polar surface area (TPSA) is 122 Å². The van der Waals surface area contributed by atoms with Crippen LogP contribution in [0.4, 0.5) is 0 Å². The predicted octanol–water partition coefficient (Wildman–Crippen LogP) is 7.23. The number of methoxy groups -OCH3 is 1. The van der Waals surface area contributed by atoms with Gasteiger partial charge in [-0.3, -0.25) is 4.79 Å². The van der Waals surface area contributed by atoms with E-state index in [0.717, 1.165) is 23.1 Å². The summed E-state index contributed by atoms with van der Waals surface area (Å²) in [5.41, 5.74) is 4.00. The zero-order valence-electron chi connectivity index (χ0n) is 30.0. The van der Waals surface area contributed by atoms with Crippen LogP contribution >= 0.6 is 0 Å². The molecular formula is C42H46O9. The number of allylic oxidation sites excluding steroid dienone is 1. The van der Waals surface area contributed by atoms with Gasteiger partial charge in [-0.15, -0.1) is 0 Å². The van der Waals surface area contributed by atoms with Crippen molar-refractivity contribution < 1.29 is 38.1 Å². The second kappa shape index (κ2) is 15.3. The fourth-order valence-corrected chi connectivity index (χ4v) is 7.29. The van der Waals surface area contributed by atoms with E-state index in [1.54, 1.807) is 26.0 Å². The molecule has 51 heavy (non-hydrogen) atoms. The maximum absolute atomic E-state index is 14.0. The van der Waals surface area contributed by atoms with Gasteiger partial charge in [0.15, 0.2) is 12.2 Å². The molecule has 3 aliphatic rings. The maximum Gasteiger partial charge on any atom is 0.339 e. The monoisotopic (exact) mass is 694 g/mol. The Bertz CT molecular complexity index is 1990. The summed E-state index contributed by atoms with van der Waals surface area (Å²) < 4.78 is 30.3. The maximum atomic E-state index is 14.0. The zero-order valence-corrected chi connectivity index (χ0v) is 30.0. The molecule has 1 aromatic heterocycles. The largest absolute Gasteiger partial charge is 0.483 e. The number of rotatable bonds is 6. The van der Waals surface area contributed by atoms with E-state index < -0.39 is 42.0 Å². The van der Waals surface area contributed by atoms with E-state index in [2.05, 4.69) is 36.4 Å². The average molecular weight is 695 g/mol. The lowest BCUT2D eigenvalue weighted by Crippen LogP contribution is -2.52. The predicted molar refractivity (Wildman–Crippen MR) is 193 cm³/mol. The molecule has 3 atom stereocenters. The molecule has 4 aromatic rings. The van der Waals surface area contributed by atoms with E-state index in [-0.39, 0.29) is 36.5 Å².